The molecule has 0 aliphatic heterocycles. The van der Waals surface area contributed by atoms with Crippen molar-refractivity contribution in [3.63, 3.8) is 0 Å². The summed E-state index contributed by atoms with van der Waals surface area (Å²) in [4.78, 5) is 0. The van der Waals surface area contributed by atoms with Gasteiger partial charge in [-0.15, -0.1) is 0 Å². The number of hydrogen-bond donors (Lipinski definition) is 2. The van der Waals surface area contributed by atoms with Crippen LogP contribution in [0.15, 0.2) is 0 Å². The summed E-state index contributed by atoms with van der Waals surface area (Å²) in [6, 6.07) is 0. The van der Waals surface area contributed by atoms with Crippen LogP contribution < -0.4 is 11.5 Å². The van der Waals surface area contributed by atoms with Crippen molar-refractivity contribution in [1.29, 1.82) is 0 Å². The first kappa shape index (κ1) is 24.5. The molecule has 4 N–H and O–H groups in total. The van der Waals surface area contributed by atoms with Crippen LogP contribution in [0.2, 0.25) is 0 Å². The molecule has 0 saturated heterocycles. The highest BCUT2D eigenvalue weighted by Gasteiger charge is 2.26. The van der Waals surface area contributed by atoms with E-state index in [-0.39, 0.29) is 24.6 Å². The predicted molar refractivity (Wildman–Crippen MR) is 108 cm³/mol. The number of hydrogen-bond acceptors (Lipinski definition) is 8. The molecule has 2 unspecified atom stereocenters. The molecule has 146 valence electrons. The Morgan fingerprint density at radius 3 is 1.33 bits per heavy atom. The lowest BCUT2D eigenvalue weighted by Gasteiger charge is -2.17. The molecule has 0 radical (unpaired) electrons. The molecule has 0 spiro atoms. The standard InChI is InChI=1S/C14H32N2O4S4/c1-3-5-7-23(17,18)13(9-15)11-21-22-12-14(10-16)24(19,20)8-6-4-2/h13-14H,3-12,15-16H2,1-2H3. The summed E-state index contributed by atoms with van der Waals surface area (Å²) in [5.41, 5.74) is 11.2. The van der Waals surface area contributed by atoms with Gasteiger partial charge in [0.1, 0.15) is 0 Å². The maximum Gasteiger partial charge on any atom is 0.155 e. The average Bonchev–Trinajstić information content (AvgIpc) is 2.54. The molecule has 0 bridgehead atoms. The van der Waals surface area contributed by atoms with E-state index < -0.39 is 30.2 Å². The van der Waals surface area contributed by atoms with Crippen LogP contribution in [0.25, 0.3) is 0 Å². The Hall–Kier alpha value is 0.520. The summed E-state index contributed by atoms with van der Waals surface area (Å²) in [6.45, 7) is 4.08. The van der Waals surface area contributed by atoms with Crippen LogP contribution in [-0.2, 0) is 19.7 Å². The zero-order chi connectivity index (χ0) is 18.6. The SMILES string of the molecule is CCCCS(=O)(=O)C(CN)CSSCC(CN)S(=O)(=O)CCCC. The first-order valence-electron chi connectivity index (χ1n) is 8.32. The van der Waals surface area contributed by atoms with E-state index in [1.807, 2.05) is 13.8 Å². The summed E-state index contributed by atoms with van der Waals surface area (Å²) in [5.74, 6) is 1.07. The number of unbranched alkanes of at least 4 members (excludes halogenated alkanes) is 2. The zero-order valence-electron chi connectivity index (χ0n) is 14.6. The lowest BCUT2D eigenvalue weighted by molar-refractivity contribution is 0.580. The van der Waals surface area contributed by atoms with E-state index in [1.165, 1.54) is 21.6 Å². The van der Waals surface area contributed by atoms with Gasteiger partial charge in [0.2, 0.25) is 0 Å². The monoisotopic (exact) mass is 420 g/mol. The lowest BCUT2D eigenvalue weighted by Crippen LogP contribution is -2.34. The topological polar surface area (TPSA) is 120 Å². The summed E-state index contributed by atoms with van der Waals surface area (Å²) in [7, 11) is -3.63. The highest BCUT2D eigenvalue weighted by atomic mass is 33.1. The van der Waals surface area contributed by atoms with Crippen LogP contribution in [0.4, 0.5) is 0 Å². The minimum Gasteiger partial charge on any atom is -0.329 e. The van der Waals surface area contributed by atoms with Crippen molar-refractivity contribution in [3.8, 4) is 0 Å². The number of nitrogens with two attached hydrogens (primary N) is 2. The van der Waals surface area contributed by atoms with Crippen LogP contribution in [-0.4, -0.2) is 63.4 Å². The van der Waals surface area contributed by atoms with E-state index in [1.54, 1.807) is 0 Å². The molecular formula is C14H32N2O4S4. The Morgan fingerprint density at radius 2 is 1.08 bits per heavy atom. The Labute approximate surface area is 155 Å². The molecule has 0 aromatic rings. The minimum absolute atomic E-state index is 0.0920. The van der Waals surface area contributed by atoms with Gasteiger partial charge in [0, 0.05) is 24.6 Å². The normalized spacial score (nSPS) is 15.3. The van der Waals surface area contributed by atoms with Gasteiger partial charge in [-0.3, -0.25) is 0 Å². The molecule has 10 heteroatoms. The van der Waals surface area contributed by atoms with Crippen molar-refractivity contribution >= 4 is 41.3 Å². The van der Waals surface area contributed by atoms with E-state index in [0.717, 1.165) is 12.8 Å². The Bertz CT molecular complexity index is 475. The molecule has 2 atom stereocenters. The second-order valence-electron chi connectivity index (χ2n) is 5.73. The highest BCUT2D eigenvalue weighted by molar-refractivity contribution is 8.76. The van der Waals surface area contributed by atoms with Crippen molar-refractivity contribution in [1.82, 2.24) is 0 Å². The largest absolute Gasteiger partial charge is 0.329 e. The summed E-state index contributed by atoms with van der Waals surface area (Å²) >= 11 is 0. The quantitative estimate of drug-likeness (QED) is 0.302. The molecule has 0 aromatic heterocycles. The van der Waals surface area contributed by atoms with Crippen molar-refractivity contribution in [2.45, 2.75) is 50.0 Å². The van der Waals surface area contributed by atoms with Gasteiger partial charge >= 0.3 is 0 Å². The van der Waals surface area contributed by atoms with Crippen molar-refractivity contribution in [2.75, 3.05) is 36.1 Å². The lowest BCUT2D eigenvalue weighted by atomic mass is 10.4. The fraction of sp³-hybridized carbons (Fsp3) is 1.00. The molecule has 0 heterocycles. The van der Waals surface area contributed by atoms with Crippen LogP contribution in [0.3, 0.4) is 0 Å². The second kappa shape index (κ2) is 12.8. The van der Waals surface area contributed by atoms with Crippen LogP contribution in [0, 0.1) is 0 Å². The maximum absolute atomic E-state index is 12.2. The molecule has 6 nitrogen and oxygen atoms in total. The molecule has 0 rings (SSSR count). The molecule has 0 aromatic carbocycles. The van der Waals surface area contributed by atoms with Gasteiger partial charge in [0.15, 0.2) is 19.7 Å². The van der Waals surface area contributed by atoms with E-state index in [0.29, 0.717) is 24.3 Å². The Kier molecular flexibility index (Phi) is 13.1. The summed E-state index contributed by atoms with van der Waals surface area (Å²) < 4.78 is 48.7. The molecule has 0 saturated carbocycles. The third kappa shape index (κ3) is 9.28. The second-order valence-corrected chi connectivity index (χ2v) is 13.1. The first-order chi connectivity index (χ1) is 11.2. The Morgan fingerprint density at radius 1 is 0.750 bits per heavy atom. The zero-order valence-corrected chi connectivity index (χ0v) is 17.9. The fourth-order valence-corrected chi connectivity index (χ4v) is 9.46. The summed E-state index contributed by atoms with van der Waals surface area (Å²) in [6.07, 6.45) is 2.93. The third-order valence-corrected chi connectivity index (χ3v) is 11.1. The van der Waals surface area contributed by atoms with Gasteiger partial charge in [0.25, 0.3) is 0 Å². The van der Waals surface area contributed by atoms with E-state index in [9.17, 15) is 16.8 Å². The van der Waals surface area contributed by atoms with Gasteiger partial charge in [-0.05, 0) is 12.8 Å². The predicted octanol–water partition coefficient (Wildman–Crippen LogP) is 1.45. The van der Waals surface area contributed by atoms with Crippen molar-refractivity contribution < 1.29 is 16.8 Å². The van der Waals surface area contributed by atoms with Gasteiger partial charge in [0.05, 0.1) is 22.0 Å². The van der Waals surface area contributed by atoms with Gasteiger partial charge in [-0.1, -0.05) is 48.3 Å². The smallest absolute Gasteiger partial charge is 0.155 e. The third-order valence-electron chi connectivity index (χ3n) is 3.70. The van der Waals surface area contributed by atoms with Crippen LogP contribution >= 0.6 is 21.6 Å². The molecule has 0 aliphatic rings. The van der Waals surface area contributed by atoms with Gasteiger partial charge < -0.3 is 11.5 Å². The maximum atomic E-state index is 12.2. The number of sulfone groups is 2. The average molecular weight is 421 g/mol. The molecule has 0 amide bonds. The summed E-state index contributed by atoms with van der Waals surface area (Å²) in [5, 5.41) is -1.15. The molecular weight excluding hydrogens is 388 g/mol. The van der Waals surface area contributed by atoms with E-state index in [4.69, 9.17) is 11.5 Å². The van der Waals surface area contributed by atoms with Gasteiger partial charge in [-0.2, -0.15) is 0 Å². The molecule has 0 fully saturated rings. The number of rotatable bonds is 15. The van der Waals surface area contributed by atoms with E-state index >= 15 is 0 Å². The Balaban J connectivity index is 4.42. The minimum atomic E-state index is -3.18. The van der Waals surface area contributed by atoms with Crippen LogP contribution in [0.5, 0.6) is 0 Å². The van der Waals surface area contributed by atoms with E-state index in [2.05, 4.69) is 0 Å². The molecule has 24 heavy (non-hydrogen) atoms. The van der Waals surface area contributed by atoms with Crippen molar-refractivity contribution in [2.24, 2.45) is 11.5 Å². The first-order valence-corrected chi connectivity index (χ1v) is 14.2. The highest BCUT2D eigenvalue weighted by Crippen LogP contribution is 2.26. The van der Waals surface area contributed by atoms with Gasteiger partial charge in [-0.25, -0.2) is 16.8 Å². The van der Waals surface area contributed by atoms with Crippen LogP contribution in [0.1, 0.15) is 39.5 Å². The van der Waals surface area contributed by atoms with Crippen molar-refractivity contribution in [3.05, 3.63) is 0 Å². The molecule has 0 aliphatic carbocycles. The fourth-order valence-electron chi connectivity index (χ4n) is 1.91.